The lowest BCUT2D eigenvalue weighted by Gasteiger charge is -2.16. The lowest BCUT2D eigenvalue weighted by molar-refractivity contribution is 0.306. The number of nitrogens with zero attached hydrogens (tertiary/aromatic N) is 1. The molecule has 4 aromatic rings. The molecule has 2 heteroatoms. The molecule has 0 fully saturated rings. The highest BCUT2D eigenvalue weighted by atomic mass is 16.5. The Kier molecular flexibility index (Phi) is 5.14. The van der Waals surface area contributed by atoms with Crippen LogP contribution in [0.1, 0.15) is 22.3 Å². The van der Waals surface area contributed by atoms with Gasteiger partial charge < -0.3 is 4.74 Å². The monoisotopic (exact) mass is 389 g/mol. The molecule has 0 radical (unpaired) electrons. The summed E-state index contributed by atoms with van der Waals surface area (Å²) in [6.45, 7) is 1.40. The van der Waals surface area contributed by atoms with Gasteiger partial charge in [-0.2, -0.15) is 0 Å². The summed E-state index contributed by atoms with van der Waals surface area (Å²) >= 11 is 0. The molecule has 5 rings (SSSR count). The first kappa shape index (κ1) is 18.4. The average molecular weight is 389 g/mol. The topological polar surface area (TPSA) is 21.6 Å². The van der Waals surface area contributed by atoms with E-state index in [2.05, 4.69) is 78.9 Å². The fraction of sp³-hybridized carbons (Fsp3) is 0.107. The summed E-state index contributed by atoms with van der Waals surface area (Å²) in [5.41, 5.74) is 5.90. The second-order valence-corrected chi connectivity index (χ2v) is 7.55. The lowest BCUT2D eigenvalue weighted by atomic mass is 9.96. The molecule has 0 aliphatic carbocycles. The SMILES string of the molecule is C(=Cc1ccc2ccccc2c1)C1=NCCc2cc(OCc3ccccc3)ccc21. The Labute approximate surface area is 177 Å². The van der Waals surface area contributed by atoms with Crippen LogP contribution in [-0.2, 0) is 13.0 Å². The predicted octanol–water partition coefficient (Wildman–Crippen LogP) is 6.48. The van der Waals surface area contributed by atoms with E-state index in [4.69, 9.17) is 9.73 Å². The van der Waals surface area contributed by atoms with Crippen LogP contribution in [0.25, 0.3) is 16.8 Å². The number of benzene rings is 4. The molecule has 0 spiro atoms. The average Bonchev–Trinajstić information content (AvgIpc) is 2.81. The first-order valence-corrected chi connectivity index (χ1v) is 10.4. The third kappa shape index (κ3) is 4.04. The van der Waals surface area contributed by atoms with E-state index < -0.39 is 0 Å². The highest BCUT2D eigenvalue weighted by molar-refractivity contribution is 6.12. The molecular weight excluding hydrogens is 366 g/mol. The van der Waals surface area contributed by atoms with Crippen molar-refractivity contribution in [3.05, 3.63) is 119 Å². The Morgan fingerprint density at radius 2 is 1.60 bits per heavy atom. The Morgan fingerprint density at radius 1 is 0.767 bits per heavy atom. The first-order valence-electron chi connectivity index (χ1n) is 10.4. The molecule has 0 atom stereocenters. The van der Waals surface area contributed by atoms with Crippen molar-refractivity contribution in [3.63, 3.8) is 0 Å². The van der Waals surface area contributed by atoms with Gasteiger partial charge in [0.1, 0.15) is 12.4 Å². The van der Waals surface area contributed by atoms with Gasteiger partial charge in [0.05, 0.1) is 5.71 Å². The molecular formula is C28H23NO. The molecule has 1 heterocycles. The third-order valence-corrected chi connectivity index (χ3v) is 5.47. The largest absolute Gasteiger partial charge is 0.489 e. The number of allylic oxidation sites excluding steroid dienone is 1. The maximum absolute atomic E-state index is 6.01. The molecule has 0 saturated heterocycles. The summed E-state index contributed by atoms with van der Waals surface area (Å²) in [7, 11) is 0. The summed E-state index contributed by atoms with van der Waals surface area (Å²) in [5, 5.41) is 2.52. The van der Waals surface area contributed by atoms with Gasteiger partial charge in [0, 0.05) is 12.1 Å². The van der Waals surface area contributed by atoms with E-state index in [0.29, 0.717) is 6.61 Å². The Hall–Kier alpha value is -3.65. The summed E-state index contributed by atoms with van der Waals surface area (Å²) in [6.07, 6.45) is 5.23. The van der Waals surface area contributed by atoms with Gasteiger partial charge in [-0.1, -0.05) is 72.8 Å². The van der Waals surface area contributed by atoms with Crippen LogP contribution in [0.2, 0.25) is 0 Å². The summed E-state index contributed by atoms with van der Waals surface area (Å²) in [6, 6.07) is 31.6. The van der Waals surface area contributed by atoms with E-state index in [1.54, 1.807) is 0 Å². The second-order valence-electron chi connectivity index (χ2n) is 7.55. The van der Waals surface area contributed by atoms with Crippen LogP contribution in [0.3, 0.4) is 0 Å². The van der Waals surface area contributed by atoms with Crippen molar-refractivity contribution < 1.29 is 4.74 Å². The van der Waals surface area contributed by atoms with Crippen molar-refractivity contribution in [2.45, 2.75) is 13.0 Å². The van der Waals surface area contributed by atoms with Crippen LogP contribution in [0, 0.1) is 0 Å². The Morgan fingerprint density at radius 3 is 2.50 bits per heavy atom. The lowest BCUT2D eigenvalue weighted by Crippen LogP contribution is -2.11. The summed E-state index contributed by atoms with van der Waals surface area (Å²) in [4.78, 5) is 4.76. The molecule has 4 aromatic carbocycles. The van der Waals surface area contributed by atoms with Crippen LogP contribution in [0.4, 0.5) is 0 Å². The first-order chi connectivity index (χ1) is 14.8. The maximum atomic E-state index is 6.01. The van der Waals surface area contributed by atoms with Crippen molar-refractivity contribution in [1.82, 2.24) is 0 Å². The minimum Gasteiger partial charge on any atom is -0.489 e. The van der Waals surface area contributed by atoms with Crippen molar-refractivity contribution in [2.24, 2.45) is 4.99 Å². The fourth-order valence-electron chi connectivity index (χ4n) is 3.87. The number of fused-ring (bicyclic) bond motifs is 2. The van der Waals surface area contributed by atoms with Gasteiger partial charge in [0.15, 0.2) is 0 Å². The zero-order valence-electron chi connectivity index (χ0n) is 16.8. The van der Waals surface area contributed by atoms with E-state index in [0.717, 1.165) is 24.4 Å². The maximum Gasteiger partial charge on any atom is 0.120 e. The van der Waals surface area contributed by atoms with Gasteiger partial charge in [0.25, 0.3) is 0 Å². The zero-order chi connectivity index (χ0) is 20.2. The van der Waals surface area contributed by atoms with Gasteiger partial charge in [-0.25, -0.2) is 0 Å². The molecule has 0 amide bonds. The number of hydrogen-bond acceptors (Lipinski definition) is 2. The standard InChI is InChI=1S/C28H23NO/c1-2-6-22(7-3-1)20-30-26-13-14-27-25(19-26)16-17-29-28(27)15-11-21-10-12-23-8-4-5-9-24(23)18-21/h1-15,18-19H,16-17,20H2. The van der Waals surface area contributed by atoms with E-state index in [1.165, 1.54) is 33.0 Å². The quantitative estimate of drug-likeness (QED) is 0.383. The van der Waals surface area contributed by atoms with Gasteiger partial charge in [-0.05, 0) is 64.2 Å². The Balaban J connectivity index is 1.34. The third-order valence-electron chi connectivity index (χ3n) is 5.47. The van der Waals surface area contributed by atoms with E-state index in [9.17, 15) is 0 Å². The number of ether oxygens (including phenoxy) is 1. The van der Waals surface area contributed by atoms with Crippen LogP contribution < -0.4 is 4.74 Å². The molecule has 1 aliphatic rings. The van der Waals surface area contributed by atoms with Gasteiger partial charge in [0.2, 0.25) is 0 Å². The molecule has 0 N–H and O–H groups in total. The smallest absolute Gasteiger partial charge is 0.120 e. The highest BCUT2D eigenvalue weighted by Gasteiger charge is 2.13. The molecule has 0 bridgehead atoms. The highest BCUT2D eigenvalue weighted by Crippen LogP contribution is 2.24. The van der Waals surface area contributed by atoms with Crippen LogP contribution in [0.5, 0.6) is 5.75 Å². The van der Waals surface area contributed by atoms with Crippen LogP contribution >= 0.6 is 0 Å². The van der Waals surface area contributed by atoms with Crippen LogP contribution in [0.15, 0.2) is 102 Å². The van der Waals surface area contributed by atoms with Crippen LogP contribution in [-0.4, -0.2) is 12.3 Å². The molecule has 0 aromatic heterocycles. The zero-order valence-corrected chi connectivity index (χ0v) is 16.8. The van der Waals surface area contributed by atoms with Gasteiger partial charge in [-0.3, -0.25) is 4.99 Å². The predicted molar refractivity (Wildman–Crippen MR) is 125 cm³/mol. The molecule has 0 saturated carbocycles. The normalized spacial score (nSPS) is 13.3. The number of rotatable bonds is 5. The van der Waals surface area contributed by atoms with Crippen molar-refractivity contribution >= 4 is 22.6 Å². The molecule has 0 unspecified atom stereocenters. The minimum atomic E-state index is 0.586. The summed E-state index contributed by atoms with van der Waals surface area (Å²) < 4.78 is 6.01. The number of aliphatic imine (C=N–C) groups is 1. The molecule has 30 heavy (non-hydrogen) atoms. The van der Waals surface area contributed by atoms with E-state index in [1.807, 2.05) is 24.3 Å². The number of hydrogen-bond donors (Lipinski definition) is 0. The van der Waals surface area contributed by atoms with E-state index >= 15 is 0 Å². The van der Waals surface area contributed by atoms with E-state index in [-0.39, 0.29) is 0 Å². The second kappa shape index (κ2) is 8.38. The van der Waals surface area contributed by atoms with Gasteiger partial charge in [-0.15, -0.1) is 0 Å². The van der Waals surface area contributed by atoms with Gasteiger partial charge >= 0.3 is 0 Å². The minimum absolute atomic E-state index is 0.586. The fourth-order valence-corrected chi connectivity index (χ4v) is 3.87. The van der Waals surface area contributed by atoms with Crippen molar-refractivity contribution in [3.8, 4) is 5.75 Å². The molecule has 1 aliphatic heterocycles. The molecule has 146 valence electrons. The van der Waals surface area contributed by atoms with Crippen molar-refractivity contribution in [2.75, 3.05) is 6.54 Å². The van der Waals surface area contributed by atoms with Crippen molar-refractivity contribution in [1.29, 1.82) is 0 Å². The summed E-state index contributed by atoms with van der Waals surface area (Å²) in [5.74, 6) is 0.914. The Bertz CT molecular complexity index is 1240. The molecule has 2 nitrogen and oxygen atoms in total.